The molecule has 1 saturated carbocycles. The van der Waals surface area contributed by atoms with Crippen molar-refractivity contribution in [2.45, 2.75) is 57.4 Å². The van der Waals surface area contributed by atoms with E-state index < -0.39 is 0 Å². The fourth-order valence-corrected chi connectivity index (χ4v) is 5.88. The first-order chi connectivity index (χ1) is 18.6. The lowest BCUT2D eigenvalue weighted by Crippen LogP contribution is -2.38. The number of hydrogen-bond acceptors (Lipinski definition) is 3. The number of nitrogens with zero attached hydrogens (tertiary/aromatic N) is 3. The molecule has 0 spiro atoms. The van der Waals surface area contributed by atoms with Crippen LogP contribution in [0.4, 0.5) is 4.39 Å². The molecule has 5 nitrogen and oxygen atoms in total. The van der Waals surface area contributed by atoms with Crippen LogP contribution >= 0.6 is 0 Å². The molecule has 0 radical (unpaired) electrons. The normalized spacial score (nSPS) is 19.9. The van der Waals surface area contributed by atoms with Crippen molar-refractivity contribution in [3.8, 4) is 0 Å². The second-order valence-electron chi connectivity index (χ2n) is 11.2. The minimum Gasteiger partial charge on any atom is -0.385 e. The number of carbonyl (C=O) groups is 1. The van der Waals surface area contributed by atoms with E-state index in [0.717, 1.165) is 81.4 Å². The third-order valence-corrected chi connectivity index (χ3v) is 8.14. The Morgan fingerprint density at radius 2 is 1.74 bits per heavy atom. The van der Waals surface area contributed by atoms with Gasteiger partial charge in [-0.2, -0.15) is 0 Å². The molecular formula is C32H42FN3O2. The summed E-state index contributed by atoms with van der Waals surface area (Å²) in [7, 11) is 1.72. The largest absolute Gasteiger partial charge is 0.385 e. The number of fused-ring (bicyclic) bond motifs is 1. The van der Waals surface area contributed by atoms with E-state index in [0.29, 0.717) is 18.4 Å². The van der Waals surface area contributed by atoms with Crippen LogP contribution in [0.2, 0.25) is 0 Å². The highest BCUT2D eigenvalue weighted by molar-refractivity contribution is 6.06. The number of hydrogen-bond donors (Lipinski definition) is 0. The van der Waals surface area contributed by atoms with Gasteiger partial charge in [0.05, 0.1) is 11.1 Å². The van der Waals surface area contributed by atoms with Crippen molar-refractivity contribution in [3.63, 3.8) is 0 Å². The maximum Gasteiger partial charge on any atom is 0.256 e. The molecule has 204 valence electrons. The molecule has 38 heavy (non-hydrogen) atoms. The molecule has 2 aliphatic heterocycles. The van der Waals surface area contributed by atoms with Crippen LogP contribution in [-0.2, 0) is 11.3 Å². The molecule has 1 atom stereocenters. The topological polar surface area (TPSA) is 37.7 Å². The van der Waals surface area contributed by atoms with Gasteiger partial charge in [-0.15, -0.1) is 0 Å². The van der Waals surface area contributed by atoms with E-state index in [1.54, 1.807) is 19.2 Å². The summed E-state index contributed by atoms with van der Waals surface area (Å²) >= 11 is 0. The van der Waals surface area contributed by atoms with Crippen molar-refractivity contribution in [2.24, 2.45) is 5.92 Å². The molecule has 0 bridgehead atoms. The number of para-hydroxylation sites is 1. The minimum absolute atomic E-state index is 0.153. The van der Waals surface area contributed by atoms with Crippen LogP contribution in [0.3, 0.4) is 0 Å². The minimum atomic E-state index is -0.165. The van der Waals surface area contributed by atoms with Gasteiger partial charge >= 0.3 is 0 Å². The van der Waals surface area contributed by atoms with Crippen molar-refractivity contribution >= 4 is 16.8 Å². The first-order valence-electron chi connectivity index (χ1n) is 14.5. The van der Waals surface area contributed by atoms with Crippen LogP contribution in [0.1, 0.15) is 66.8 Å². The Kier molecular flexibility index (Phi) is 9.13. The molecule has 3 aliphatic rings. The second-order valence-corrected chi connectivity index (χ2v) is 11.2. The molecule has 1 aliphatic carbocycles. The Balaban J connectivity index is 0.000000916. The van der Waals surface area contributed by atoms with Gasteiger partial charge in [0, 0.05) is 51.5 Å². The first kappa shape index (κ1) is 26.9. The van der Waals surface area contributed by atoms with Crippen LogP contribution < -0.4 is 0 Å². The molecular weight excluding hydrogens is 477 g/mol. The Morgan fingerprint density at radius 3 is 2.45 bits per heavy atom. The molecule has 2 aromatic carbocycles. The molecule has 6 rings (SSSR count). The van der Waals surface area contributed by atoms with Crippen LogP contribution in [-0.4, -0.2) is 66.7 Å². The molecule has 1 amide bonds. The van der Waals surface area contributed by atoms with E-state index in [1.807, 2.05) is 24.3 Å². The second kappa shape index (κ2) is 12.9. The van der Waals surface area contributed by atoms with E-state index >= 15 is 0 Å². The van der Waals surface area contributed by atoms with Gasteiger partial charge in [-0.05, 0) is 80.4 Å². The van der Waals surface area contributed by atoms with E-state index in [1.165, 1.54) is 24.8 Å². The summed E-state index contributed by atoms with van der Waals surface area (Å²) < 4.78 is 20.6. The fraction of sp³-hybridized carbons (Fsp3) is 0.531. The number of carbonyl (C=O) groups excluding carboxylic acids is 1. The predicted molar refractivity (Wildman–Crippen MR) is 151 cm³/mol. The number of aryl methyl sites for hydroxylation is 1. The zero-order valence-corrected chi connectivity index (χ0v) is 22.8. The SMILES string of the molecule is C1CC1.COCCCn1ccc2cccc(C(=O)N3CC[C@H](CN4CCC(c5ccc(F)cc5)CC4)C3)c21. The third-order valence-electron chi connectivity index (χ3n) is 8.14. The van der Waals surface area contributed by atoms with Crippen molar-refractivity contribution in [2.75, 3.05) is 46.4 Å². The summed E-state index contributed by atoms with van der Waals surface area (Å²) in [6, 6.07) is 15.2. The lowest BCUT2D eigenvalue weighted by molar-refractivity contribution is 0.0783. The summed E-state index contributed by atoms with van der Waals surface area (Å²) in [6.45, 7) is 6.41. The average Bonchev–Trinajstić information content (AvgIpc) is 3.67. The average molecular weight is 520 g/mol. The van der Waals surface area contributed by atoms with Gasteiger partial charge in [0.2, 0.25) is 0 Å². The van der Waals surface area contributed by atoms with Crippen LogP contribution in [0.5, 0.6) is 0 Å². The molecule has 0 unspecified atom stereocenters. The Hall–Kier alpha value is -2.70. The van der Waals surface area contributed by atoms with Crippen LogP contribution in [0.25, 0.3) is 10.9 Å². The number of aromatic nitrogens is 1. The van der Waals surface area contributed by atoms with Gasteiger partial charge in [-0.1, -0.05) is 43.5 Å². The van der Waals surface area contributed by atoms with E-state index in [2.05, 4.69) is 32.7 Å². The fourth-order valence-electron chi connectivity index (χ4n) is 5.88. The molecule has 2 saturated heterocycles. The third kappa shape index (κ3) is 6.83. The van der Waals surface area contributed by atoms with Gasteiger partial charge in [0.1, 0.15) is 5.82 Å². The first-order valence-corrected chi connectivity index (χ1v) is 14.5. The number of piperidine rings is 1. The monoisotopic (exact) mass is 519 g/mol. The van der Waals surface area contributed by atoms with Crippen LogP contribution in [0, 0.1) is 11.7 Å². The zero-order valence-electron chi connectivity index (χ0n) is 22.8. The standard InChI is InChI=1S/C29H36FN3O2.C3H6/c1-35-19-3-14-32-18-13-25-4-2-5-27(28(25)32)29(34)33-17-10-22(21-33)20-31-15-11-24(12-16-31)23-6-8-26(30)9-7-23;1-2-3-1/h2,4-9,13,18,22,24H,3,10-12,14-17,19-21H2,1H3;1-3H2/t22-;/m1./s1. The Bertz CT molecular complexity index is 1180. The van der Waals surface area contributed by atoms with Gasteiger partial charge in [0.15, 0.2) is 0 Å². The van der Waals surface area contributed by atoms with E-state index in [-0.39, 0.29) is 11.7 Å². The van der Waals surface area contributed by atoms with Gasteiger partial charge in [0.25, 0.3) is 5.91 Å². The van der Waals surface area contributed by atoms with Crippen molar-refractivity contribution in [1.29, 1.82) is 0 Å². The lowest BCUT2D eigenvalue weighted by Gasteiger charge is -2.33. The number of ether oxygens (including phenoxy) is 1. The maximum atomic E-state index is 13.6. The van der Waals surface area contributed by atoms with Gasteiger partial charge in [-0.25, -0.2) is 4.39 Å². The highest BCUT2D eigenvalue weighted by Crippen LogP contribution is 2.30. The molecule has 3 aromatic rings. The van der Waals surface area contributed by atoms with E-state index in [9.17, 15) is 9.18 Å². The smallest absolute Gasteiger partial charge is 0.256 e. The number of likely N-dealkylation sites (tertiary alicyclic amines) is 2. The maximum absolute atomic E-state index is 13.6. The Morgan fingerprint density at radius 1 is 0.974 bits per heavy atom. The van der Waals surface area contributed by atoms with Crippen LogP contribution in [0.15, 0.2) is 54.7 Å². The zero-order chi connectivity index (χ0) is 26.3. The Labute approximate surface area is 226 Å². The summed E-state index contributed by atoms with van der Waals surface area (Å²) in [5.41, 5.74) is 3.11. The van der Waals surface area contributed by atoms with E-state index in [4.69, 9.17) is 4.74 Å². The molecule has 6 heteroatoms. The summed E-state index contributed by atoms with van der Waals surface area (Å²) in [5, 5.41) is 1.12. The molecule has 0 N–H and O–H groups in total. The number of methoxy groups -OCH3 is 1. The lowest BCUT2D eigenvalue weighted by atomic mass is 9.89. The summed E-state index contributed by atoms with van der Waals surface area (Å²) in [5.74, 6) is 1.03. The number of halogens is 1. The number of amides is 1. The highest BCUT2D eigenvalue weighted by atomic mass is 19.1. The molecule has 1 aromatic heterocycles. The van der Waals surface area contributed by atoms with Gasteiger partial charge in [-0.3, -0.25) is 4.79 Å². The van der Waals surface area contributed by atoms with Crippen molar-refractivity contribution in [1.82, 2.24) is 14.4 Å². The molecule has 3 fully saturated rings. The number of benzene rings is 2. The van der Waals surface area contributed by atoms with Gasteiger partial charge < -0.3 is 19.1 Å². The summed E-state index contributed by atoms with van der Waals surface area (Å²) in [4.78, 5) is 18.2. The molecule has 3 heterocycles. The summed E-state index contributed by atoms with van der Waals surface area (Å²) in [6.07, 6.45) is 10.8. The van der Waals surface area contributed by atoms with Crippen molar-refractivity contribution in [3.05, 3.63) is 71.7 Å². The quantitative estimate of drug-likeness (QED) is 0.327. The van der Waals surface area contributed by atoms with Crippen molar-refractivity contribution < 1.29 is 13.9 Å². The highest BCUT2D eigenvalue weighted by Gasteiger charge is 2.30. The predicted octanol–water partition coefficient (Wildman–Crippen LogP) is 6.33. The number of rotatable bonds is 8.